The van der Waals surface area contributed by atoms with E-state index in [0.29, 0.717) is 11.7 Å². The minimum Gasteiger partial charge on any atom is -0.483 e. The van der Waals surface area contributed by atoms with Gasteiger partial charge in [0.15, 0.2) is 6.61 Å². The summed E-state index contributed by atoms with van der Waals surface area (Å²) in [6.07, 6.45) is 4.01. The smallest absolute Gasteiger partial charge is 0.264 e. The van der Waals surface area contributed by atoms with Crippen LogP contribution in [0.5, 0.6) is 5.75 Å². The predicted molar refractivity (Wildman–Crippen MR) is 99.3 cm³/mol. The number of hydrogen-bond acceptors (Lipinski definition) is 4. The van der Waals surface area contributed by atoms with Crippen molar-refractivity contribution in [3.8, 4) is 22.8 Å². The Kier molecular flexibility index (Phi) is 4.27. The first-order valence-electron chi connectivity index (χ1n) is 8.46. The maximum Gasteiger partial charge on any atom is 0.264 e. The SMILES string of the molecule is Cc1cccc(OCc2nc(-c3ccc(-n4cccc4)cc3)no2)c1C. The van der Waals surface area contributed by atoms with E-state index in [-0.39, 0.29) is 6.61 Å². The molecule has 0 fully saturated rings. The van der Waals surface area contributed by atoms with Gasteiger partial charge < -0.3 is 13.8 Å². The second-order valence-electron chi connectivity index (χ2n) is 6.14. The van der Waals surface area contributed by atoms with Crippen molar-refractivity contribution in [1.82, 2.24) is 14.7 Å². The average Bonchev–Trinajstić information content (AvgIpc) is 3.35. The van der Waals surface area contributed by atoms with Crippen LogP contribution < -0.4 is 4.74 Å². The fourth-order valence-corrected chi connectivity index (χ4v) is 2.74. The zero-order valence-electron chi connectivity index (χ0n) is 14.7. The van der Waals surface area contributed by atoms with Gasteiger partial charge in [0.05, 0.1) is 0 Å². The molecule has 0 aliphatic heterocycles. The van der Waals surface area contributed by atoms with Gasteiger partial charge in [0.1, 0.15) is 5.75 Å². The average molecular weight is 345 g/mol. The number of rotatable bonds is 5. The lowest BCUT2D eigenvalue weighted by Crippen LogP contribution is -1.98. The molecule has 0 unspecified atom stereocenters. The molecule has 26 heavy (non-hydrogen) atoms. The molecular formula is C21H19N3O2. The molecule has 2 aromatic carbocycles. The van der Waals surface area contributed by atoms with Gasteiger partial charge in [-0.05, 0) is 67.4 Å². The summed E-state index contributed by atoms with van der Waals surface area (Å²) in [6.45, 7) is 4.35. The number of hydrogen-bond donors (Lipinski definition) is 0. The fraction of sp³-hybridized carbons (Fsp3) is 0.143. The zero-order valence-corrected chi connectivity index (χ0v) is 14.7. The van der Waals surface area contributed by atoms with E-state index in [4.69, 9.17) is 9.26 Å². The molecule has 0 N–H and O–H groups in total. The van der Waals surface area contributed by atoms with Crippen LogP contribution in [-0.2, 0) is 6.61 Å². The summed E-state index contributed by atoms with van der Waals surface area (Å²) in [5.74, 6) is 1.85. The van der Waals surface area contributed by atoms with E-state index in [1.807, 2.05) is 72.4 Å². The molecule has 4 rings (SSSR count). The van der Waals surface area contributed by atoms with E-state index in [1.54, 1.807) is 0 Å². The van der Waals surface area contributed by atoms with E-state index < -0.39 is 0 Å². The summed E-state index contributed by atoms with van der Waals surface area (Å²) >= 11 is 0. The van der Waals surface area contributed by atoms with Crippen LogP contribution in [0.25, 0.3) is 17.1 Å². The third-order valence-corrected chi connectivity index (χ3v) is 4.40. The number of nitrogens with zero attached hydrogens (tertiary/aromatic N) is 3. The molecular weight excluding hydrogens is 326 g/mol. The number of aryl methyl sites for hydroxylation is 1. The van der Waals surface area contributed by atoms with Gasteiger partial charge in [0.25, 0.3) is 5.89 Å². The Balaban J connectivity index is 1.47. The van der Waals surface area contributed by atoms with Crippen molar-refractivity contribution >= 4 is 0 Å². The van der Waals surface area contributed by atoms with Crippen LogP contribution in [0, 0.1) is 13.8 Å². The Labute approximate surface area is 151 Å². The van der Waals surface area contributed by atoms with Crippen LogP contribution in [0.15, 0.2) is 71.5 Å². The molecule has 5 heteroatoms. The lowest BCUT2D eigenvalue weighted by molar-refractivity contribution is 0.241. The summed E-state index contributed by atoms with van der Waals surface area (Å²) in [5, 5.41) is 4.06. The summed E-state index contributed by atoms with van der Waals surface area (Å²) in [4.78, 5) is 4.43. The Hall–Kier alpha value is -3.34. The van der Waals surface area contributed by atoms with Crippen molar-refractivity contribution in [2.45, 2.75) is 20.5 Å². The van der Waals surface area contributed by atoms with Crippen molar-refractivity contribution in [3.63, 3.8) is 0 Å². The van der Waals surface area contributed by atoms with Crippen molar-refractivity contribution in [1.29, 1.82) is 0 Å². The van der Waals surface area contributed by atoms with Crippen molar-refractivity contribution in [2.75, 3.05) is 0 Å². The number of aromatic nitrogens is 3. The Morgan fingerprint density at radius 2 is 1.73 bits per heavy atom. The quantitative estimate of drug-likeness (QED) is 0.525. The van der Waals surface area contributed by atoms with Crippen LogP contribution in [0.3, 0.4) is 0 Å². The molecule has 2 heterocycles. The molecule has 5 nitrogen and oxygen atoms in total. The zero-order chi connectivity index (χ0) is 17.9. The van der Waals surface area contributed by atoms with Crippen LogP contribution in [0.2, 0.25) is 0 Å². The monoisotopic (exact) mass is 345 g/mol. The highest BCUT2D eigenvalue weighted by atomic mass is 16.5. The third kappa shape index (κ3) is 3.24. The molecule has 4 aromatic rings. The van der Waals surface area contributed by atoms with Crippen LogP contribution >= 0.6 is 0 Å². The molecule has 0 saturated carbocycles. The van der Waals surface area contributed by atoms with Gasteiger partial charge in [-0.3, -0.25) is 0 Å². The largest absolute Gasteiger partial charge is 0.483 e. The van der Waals surface area contributed by atoms with Crippen molar-refractivity contribution < 1.29 is 9.26 Å². The van der Waals surface area contributed by atoms with Crippen molar-refractivity contribution in [3.05, 3.63) is 84.0 Å². The fourth-order valence-electron chi connectivity index (χ4n) is 2.74. The second-order valence-corrected chi connectivity index (χ2v) is 6.14. The summed E-state index contributed by atoms with van der Waals surface area (Å²) in [6, 6.07) is 18.0. The lowest BCUT2D eigenvalue weighted by atomic mass is 10.1. The number of benzene rings is 2. The summed E-state index contributed by atoms with van der Waals surface area (Å²) in [5.41, 5.74) is 4.30. The van der Waals surface area contributed by atoms with E-state index in [2.05, 4.69) is 23.1 Å². The Morgan fingerprint density at radius 3 is 2.50 bits per heavy atom. The normalized spacial score (nSPS) is 10.8. The van der Waals surface area contributed by atoms with E-state index >= 15 is 0 Å². The van der Waals surface area contributed by atoms with Crippen molar-refractivity contribution in [2.24, 2.45) is 0 Å². The molecule has 0 amide bonds. The highest BCUT2D eigenvalue weighted by Gasteiger charge is 2.10. The highest BCUT2D eigenvalue weighted by molar-refractivity contribution is 5.56. The van der Waals surface area contributed by atoms with Gasteiger partial charge in [0.2, 0.25) is 5.82 Å². The molecule has 0 atom stereocenters. The second kappa shape index (κ2) is 6.88. The molecule has 2 aromatic heterocycles. The molecule has 0 aliphatic rings. The first-order chi connectivity index (χ1) is 12.7. The first kappa shape index (κ1) is 16.1. The van der Waals surface area contributed by atoms with Gasteiger partial charge >= 0.3 is 0 Å². The maximum atomic E-state index is 5.82. The summed E-state index contributed by atoms with van der Waals surface area (Å²) < 4.78 is 13.2. The van der Waals surface area contributed by atoms with Gasteiger partial charge in [-0.15, -0.1) is 0 Å². The lowest BCUT2D eigenvalue weighted by Gasteiger charge is -2.08. The molecule has 130 valence electrons. The number of ether oxygens (including phenoxy) is 1. The molecule has 0 spiro atoms. The summed E-state index contributed by atoms with van der Waals surface area (Å²) in [7, 11) is 0. The van der Waals surface area contributed by atoms with Gasteiger partial charge in [-0.25, -0.2) is 0 Å². The highest BCUT2D eigenvalue weighted by Crippen LogP contribution is 2.22. The van der Waals surface area contributed by atoms with E-state index in [0.717, 1.165) is 22.6 Å². The standard InChI is InChI=1S/C21H19N3O2/c1-15-6-5-7-19(16(15)2)25-14-20-22-21(23-26-20)17-8-10-18(11-9-17)24-12-3-4-13-24/h3-13H,14H2,1-2H3. The van der Waals surface area contributed by atoms with Crippen LogP contribution in [0.4, 0.5) is 0 Å². The third-order valence-electron chi connectivity index (χ3n) is 4.40. The van der Waals surface area contributed by atoms with Gasteiger partial charge in [-0.1, -0.05) is 17.3 Å². The minimum atomic E-state index is 0.249. The molecule has 0 saturated heterocycles. The maximum absolute atomic E-state index is 5.82. The van der Waals surface area contributed by atoms with Crippen LogP contribution in [-0.4, -0.2) is 14.7 Å². The topological polar surface area (TPSA) is 53.1 Å². The molecule has 0 aliphatic carbocycles. The Morgan fingerprint density at radius 1 is 0.962 bits per heavy atom. The van der Waals surface area contributed by atoms with Crippen LogP contribution in [0.1, 0.15) is 17.0 Å². The first-order valence-corrected chi connectivity index (χ1v) is 8.46. The predicted octanol–water partition coefficient (Wildman–Crippen LogP) is 4.72. The van der Waals surface area contributed by atoms with E-state index in [1.165, 1.54) is 5.56 Å². The molecule has 0 radical (unpaired) electrons. The van der Waals surface area contributed by atoms with Gasteiger partial charge in [-0.2, -0.15) is 4.98 Å². The molecule has 0 bridgehead atoms. The van der Waals surface area contributed by atoms with E-state index in [9.17, 15) is 0 Å². The Bertz CT molecular complexity index is 1000. The minimum absolute atomic E-state index is 0.249. The van der Waals surface area contributed by atoms with Gasteiger partial charge in [0, 0.05) is 23.6 Å².